The lowest BCUT2D eigenvalue weighted by Crippen LogP contribution is -2.48. The Balaban J connectivity index is 1.34. The van der Waals surface area contributed by atoms with E-state index in [0.29, 0.717) is 30.1 Å². The number of hydrogen-bond donors (Lipinski definition) is 1. The minimum atomic E-state index is -0.481. The molecule has 1 unspecified atom stereocenters. The Morgan fingerprint density at radius 2 is 1.65 bits per heavy atom. The number of rotatable bonds is 5. The normalized spacial score (nSPS) is 17.8. The minimum Gasteiger partial charge on any atom is -0.410 e. The highest BCUT2D eigenvalue weighted by Gasteiger charge is 2.39. The molecule has 2 amide bonds. The SMILES string of the molecule is Cc1c(F)cccc1OC(=O)N1CCC(C(NC(=O)c2ccc(F)cc2)C2CC2)CC1. The molecule has 164 valence electrons. The summed E-state index contributed by atoms with van der Waals surface area (Å²) in [5, 5.41) is 3.14. The maximum absolute atomic E-state index is 13.7. The number of carbonyl (C=O) groups excluding carboxylic acids is 2. The number of nitrogens with one attached hydrogen (secondary N) is 1. The van der Waals surface area contributed by atoms with Crippen molar-refractivity contribution in [2.75, 3.05) is 13.1 Å². The zero-order valence-corrected chi connectivity index (χ0v) is 17.4. The van der Waals surface area contributed by atoms with Gasteiger partial charge in [-0.3, -0.25) is 4.79 Å². The summed E-state index contributed by atoms with van der Waals surface area (Å²) in [6.45, 7) is 2.62. The monoisotopic (exact) mass is 428 g/mol. The van der Waals surface area contributed by atoms with E-state index in [9.17, 15) is 18.4 Å². The van der Waals surface area contributed by atoms with Crippen LogP contribution in [0, 0.1) is 30.4 Å². The van der Waals surface area contributed by atoms with Crippen LogP contribution in [-0.4, -0.2) is 36.0 Å². The van der Waals surface area contributed by atoms with Gasteiger partial charge in [0.15, 0.2) is 0 Å². The lowest BCUT2D eigenvalue weighted by Gasteiger charge is -2.36. The van der Waals surface area contributed by atoms with Gasteiger partial charge in [-0.1, -0.05) is 6.07 Å². The van der Waals surface area contributed by atoms with Gasteiger partial charge >= 0.3 is 6.09 Å². The van der Waals surface area contributed by atoms with Crippen molar-refractivity contribution in [1.29, 1.82) is 0 Å². The third-order valence-corrected chi connectivity index (χ3v) is 6.25. The highest BCUT2D eigenvalue weighted by molar-refractivity contribution is 5.94. The first-order chi connectivity index (χ1) is 14.9. The second kappa shape index (κ2) is 9.04. The van der Waals surface area contributed by atoms with Gasteiger partial charge in [-0.05, 0) is 80.8 Å². The molecule has 1 saturated heterocycles. The second-order valence-electron chi connectivity index (χ2n) is 8.40. The number of ether oxygens (including phenoxy) is 1. The summed E-state index contributed by atoms with van der Waals surface area (Å²) in [5.74, 6) is -0.0364. The zero-order valence-electron chi connectivity index (χ0n) is 17.4. The minimum absolute atomic E-state index is 0.0428. The molecule has 7 heteroatoms. The summed E-state index contributed by atoms with van der Waals surface area (Å²) in [7, 11) is 0. The lowest BCUT2D eigenvalue weighted by molar-refractivity contribution is 0.0870. The Bertz CT molecular complexity index is 952. The number of likely N-dealkylation sites (tertiary alicyclic amines) is 1. The number of piperidine rings is 1. The molecule has 1 aliphatic heterocycles. The Kier molecular flexibility index (Phi) is 6.20. The second-order valence-corrected chi connectivity index (χ2v) is 8.40. The van der Waals surface area contributed by atoms with E-state index >= 15 is 0 Å². The molecule has 1 heterocycles. The van der Waals surface area contributed by atoms with Crippen LogP contribution in [0.25, 0.3) is 0 Å². The van der Waals surface area contributed by atoms with Crippen LogP contribution >= 0.6 is 0 Å². The largest absolute Gasteiger partial charge is 0.415 e. The maximum Gasteiger partial charge on any atom is 0.415 e. The molecule has 1 saturated carbocycles. The van der Waals surface area contributed by atoms with E-state index in [0.717, 1.165) is 25.7 Å². The average molecular weight is 428 g/mol. The Morgan fingerprint density at radius 1 is 1.00 bits per heavy atom. The summed E-state index contributed by atoms with van der Waals surface area (Å²) in [5.41, 5.74) is 0.751. The summed E-state index contributed by atoms with van der Waals surface area (Å²) < 4.78 is 32.2. The first kappa shape index (κ1) is 21.3. The number of benzene rings is 2. The molecule has 2 fully saturated rings. The van der Waals surface area contributed by atoms with Crippen molar-refractivity contribution in [1.82, 2.24) is 10.2 Å². The first-order valence-electron chi connectivity index (χ1n) is 10.7. The van der Waals surface area contributed by atoms with Gasteiger partial charge in [-0.15, -0.1) is 0 Å². The van der Waals surface area contributed by atoms with Crippen LogP contribution in [0.2, 0.25) is 0 Å². The fourth-order valence-electron chi connectivity index (χ4n) is 4.21. The van der Waals surface area contributed by atoms with Gasteiger partial charge in [0.2, 0.25) is 0 Å². The number of amides is 2. The Morgan fingerprint density at radius 3 is 2.29 bits per heavy atom. The summed E-state index contributed by atoms with van der Waals surface area (Å²) in [4.78, 5) is 26.8. The van der Waals surface area contributed by atoms with Crippen LogP contribution in [-0.2, 0) is 0 Å². The molecule has 4 rings (SSSR count). The molecule has 31 heavy (non-hydrogen) atoms. The third kappa shape index (κ3) is 5.03. The molecular formula is C24H26F2N2O3. The van der Waals surface area contributed by atoms with Gasteiger partial charge in [-0.25, -0.2) is 13.6 Å². The van der Waals surface area contributed by atoms with E-state index in [-0.39, 0.29) is 29.4 Å². The molecule has 2 aromatic carbocycles. The Labute approximate surface area is 180 Å². The number of carbonyl (C=O) groups is 2. The summed E-state index contributed by atoms with van der Waals surface area (Å²) in [6, 6.07) is 10.0. The van der Waals surface area contributed by atoms with Gasteiger partial charge in [0, 0.05) is 30.3 Å². The van der Waals surface area contributed by atoms with Crippen LogP contribution in [0.15, 0.2) is 42.5 Å². The lowest BCUT2D eigenvalue weighted by atomic mass is 9.86. The number of halogens is 2. The highest BCUT2D eigenvalue weighted by atomic mass is 19.1. The van der Waals surface area contributed by atoms with E-state index in [2.05, 4.69) is 5.32 Å². The quantitative estimate of drug-likeness (QED) is 0.752. The number of nitrogens with zero attached hydrogens (tertiary/aromatic N) is 1. The molecule has 0 radical (unpaired) electrons. The molecule has 1 aliphatic carbocycles. The van der Waals surface area contributed by atoms with Crippen LogP contribution in [0.4, 0.5) is 13.6 Å². The predicted octanol–water partition coefficient (Wildman–Crippen LogP) is 4.69. The average Bonchev–Trinajstić information content (AvgIpc) is 3.61. The van der Waals surface area contributed by atoms with Crippen LogP contribution < -0.4 is 10.1 Å². The van der Waals surface area contributed by atoms with Gasteiger partial charge in [0.25, 0.3) is 5.91 Å². The van der Waals surface area contributed by atoms with Crippen molar-refractivity contribution < 1.29 is 23.1 Å². The zero-order chi connectivity index (χ0) is 22.0. The van der Waals surface area contributed by atoms with Crippen molar-refractivity contribution in [3.05, 3.63) is 65.2 Å². The van der Waals surface area contributed by atoms with Gasteiger partial charge in [-0.2, -0.15) is 0 Å². The molecule has 2 aromatic rings. The third-order valence-electron chi connectivity index (χ3n) is 6.25. The number of hydrogen-bond acceptors (Lipinski definition) is 3. The molecule has 2 aliphatic rings. The molecule has 0 spiro atoms. The van der Waals surface area contributed by atoms with Crippen molar-refractivity contribution in [3.8, 4) is 5.75 Å². The van der Waals surface area contributed by atoms with Gasteiger partial charge in [0.05, 0.1) is 0 Å². The fraction of sp³-hybridized carbons (Fsp3) is 0.417. The molecule has 0 aromatic heterocycles. The topological polar surface area (TPSA) is 58.6 Å². The Hall–Kier alpha value is -2.96. The molecule has 0 bridgehead atoms. The molecule has 5 nitrogen and oxygen atoms in total. The van der Waals surface area contributed by atoms with E-state index < -0.39 is 11.9 Å². The van der Waals surface area contributed by atoms with E-state index in [1.54, 1.807) is 17.9 Å². The molecule has 1 atom stereocenters. The summed E-state index contributed by atoms with van der Waals surface area (Å²) in [6.07, 6.45) is 3.18. The predicted molar refractivity (Wildman–Crippen MR) is 112 cm³/mol. The maximum atomic E-state index is 13.7. The van der Waals surface area contributed by atoms with E-state index in [1.165, 1.54) is 36.4 Å². The van der Waals surface area contributed by atoms with Crippen LogP contribution in [0.3, 0.4) is 0 Å². The van der Waals surface area contributed by atoms with Crippen molar-refractivity contribution in [2.45, 2.75) is 38.6 Å². The van der Waals surface area contributed by atoms with Gasteiger partial charge < -0.3 is 15.0 Å². The van der Waals surface area contributed by atoms with Crippen LogP contribution in [0.5, 0.6) is 5.75 Å². The van der Waals surface area contributed by atoms with E-state index in [4.69, 9.17) is 4.74 Å². The fourth-order valence-corrected chi connectivity index (χ4v) is 4.21. The molecule has 1 N–H and O–H groups in total. The van der Waals surface area contributed by atoms with E-state index in [1.807, 2.05) is 0 Å². The van der Waals surface area contributed by atoms with Crippen molar-refractivity contribution >= 4 is 12.0 Å². The molecular weight excluding hydrogens is 402 g/mol. The van der Waals surface area contributed by atoms with Crippen molar-refractivity contribution in [3.63, 3.8) is 0 Å². The highest BCUT2D eigenvalue weighted by Crippen LogP contribution is 2.39. The summed E-state index contributed by atoms with van der Waals surface area (Å²) >= 11 is 0. The standard InChI is InChI=1S/C24H26F2N2O3/c1-15-20(26)3-2-4-21(15)31-24(30)28-13-11-17(12-14-28)22(16-5-6-16)27-23(29)18-7-9-19(25)10-8-18/h2-4,7-10,16-17,22H,5-6,11-14H2,1H3,(H,27,29). The van der Waals surface area contributed by atoms with Gasteiger partial charge in [0.1, 0.15) is 17.4 Å². The smallest absolute Gasteiger partial charge is 0.410 e. The first-order valence-corrected chi connectivity index (χ1v) is 10.7. The van der Waals surface area contributed by atoms with Crippen LogP contribution in [0.1, 0.15) is 41.6 Å². The van der Waals surface area contributed by atoms with Crippen molar-refractivity contribution in [2.24, 2.45) is 11.8 Å².